The second kappa shape index (κ2) is 10.5. The predicted molar refractivity (Wildman–Crippen MR) is 136 cm³/mol. The van der Waals surface area contributed by atoms with Crippen molar-refractivity contribution in [2.24, 2.45) is 0 Å². The van der Waals surface area contributed by atoms with E-state index < -0.39 is 41.0 Å². The van der Waals surface area contributed by atoms with E-state index in [1.165, 1.54) is 55.5 Å². The smallest absolute Gasteiger partial charge is 0.422 e. The molecule has 10 heteroatoms. The summed E-state index contributed by atoms with van der Waals surface area (Å²) in [4.78, 5) is 23.5. The summed E-state index contributed by atoms with van der Waals surface area (Å²) in [5.41, 5.74) is -2.43. The molecule has 0 fully saturated rings. The molecule has 1 aliphatic heterocycles. The Morgan fingerprint density at radius 2 is 1.74 bits per heavy atom. The van der Waals surface area contributed by atoms with Gasteiger partial charge in [-0.25, -0.2) is 14.0 Å². The van der Waals surface area contributed by atoms with Gasteiger partial charge in [-0.3, -0.25) is 0 Å². The van der Waals surface area contributed by atoms with E-state index in [9.17, 15) is 32.3 Å². The van der Waals surface area contributed by atoms with Crippen molar-refractivity contribution in [1.82, 2.24) is 0 Å². The van der Waals surface area contributed by atoms with Crippen LogP contribution in [0.5, 0.6) is 5.75 Å². The zero-order valence-electron chi connectivity index (χ0n) is 21.0. The van der Waals surface area contributed by atoms with Gasteiger partial charge in [-0.05, 0) is 71.5 Å². The minimum atomic E-state index is -5.11. The van der Waals surface area contributed by atoms with Gasteiger partial charge in [0, 0.05) is 17.0 Å². The molecule has 0 unspecified atom stereocenters. The normalized spacial score (nSPS) is 15.8. The molecule has 1 heterocycles. The highest BCUT2D eigenvalue weighted by molar-refractivity contribution is 6.31. The Bertz CT molecular complexity index is 1500. The Morgan fingerprint density at radius 3 is 2.36 bits per heavy atom. The van der Waals surface area contributed by atoms with E-state index in [1.807, 2.05) is 0 Å². The van der Waals surface area contributed by atoms with Crippen molar-refractivity contribution in [3.63, 3.8) is 0 Å². The van der Waals surface area contributed by atoms with Gasteiger partial charge in [0.25, 0.3) is 0 Å². The SMILES string of the molecule is COC(=O)c1ccc(-c2ccc([C@@H](C)[C@@](O)(c3ccc4c(c3)CC(C)=CC(=O)O4)C(F)(F)F)c(Cl)c2)cc1F. The van der Waals surface area contributed by atoms with Gasteiger partial charge < -0.3 is 14.6 Å². The first-order valence-corrected chi connectivity index (χ1v) is 12.1. The van der Waals surface area contributed by atoms with Crippen LogP contribution in [0.2, 0.25) is 5.02 Å². The fraction of sp³-hybridized carbons (Fsp3) is 0.241. The van der Waals surface area contributed by atoms with Crippen LogP contribution in [0.4, 0.5) is 17.6 Å². The van der Waals surface area contributed by atoms with Crippen LogP contribution >= 0.6 is 11.6 Å². The molecule has 0 saturated heterocycles. The second-order valence-corrected chi connectivity index (χ2v) is 9.73. The van der Waals surface area contributed by atoms with E-state index in [-0.39, 0.29) is 28.3 Å². The van der Waals surface area contributed by atoms with Crippen molar-refractivity contribution in [3.05, 3.63) is 99.3 Å². The van der Waals surface area contributed by atoms with E-state index in [2.05, 4.69) is 4.74 Å². The van der Waals surface area contributed by atoms with Crippen LogP contribution in [-0.2, 0) is 21.6 Å². The van der Waals surface area contributed by atoms with Gasteiger partial charge in [-0.15, -0.1) is 0 Å². The Balaban J connectivity index is 1.74. The molecule has 204 valence electrons. The van der Waals surface area contributed by atoms with Crippen molar-refractivity contribution in [1.29, 1.82) is 0 Å². The minimum absolute atomic E-state index is 0.00402. The lowest BCUT2D eigenvalue weighted by atomic mass is 9.77. The number of alkyl halides is 3. The predicted octanol–water partition coefficient (Wildman–Crippen LogP) is 6.89. The lowest BCUT2D eigenvalue weighted by Crippen LogP contribution is -2.46. The molecule has 0 saturated carbocycles. The van der Waals surface area contributed by atoms with Crippen LogP contribution in [0.3, 0.4) is 0 Å². The molecule has 0 aromatic heterocycles. The van der Waals surface area contributed by atoms with Crippen LogP contribution in [0.1, 0.15) is 46.8 Å². The third kappa shape index (κ3) is 5.29. The van der Waals surface area contributed by atoms with Gasteiger partial charge in [-0.2, -0.15) is 13.2 Å². The first-order chi connectivity index (χ1) is 18.3. The van der Waals surface area contributed by atoms with Crippen molar-refractivity contribution >= 4 is 23.5 Å². The zero-order chi connectivity index (χ0) is 28.7. The first kappa shape index (κ1) is 28.3. The van der Waals surface area contributed by atoms with Crippen LogP contribution < -0.4 is 4.74 Å². The van der Waals surface area contributed by atoms with E-state index >= 15 is 0 Å². The maximum Gasteiger partial charge on any atom is 0.422 e. The highest BCUT2D eigenvalue weighted by Crippen LogP contribution is 2.50. The number of esters is 2. The largest absolute Gasteiger partial charge is 0.465 e. The Hall–Kier alpha value is -3.69. The van der Waals surface area contributed by atoms with Gasteiger partial charge in [0.1, 0.15) is 11.6 Å². The summed E-state index contributed by atoms with van der Waals surface area (Å²) in [6, 6.07) is 11.4. The Kier molecular flexibility index (Phi) is 7.60. The number of carbonyl (C=O) groups excluding carboxylic acids is 2. The Morgan fingerprint density at radius 1 is 1.08 bits per heavy atom. The maximum absolute atomic E-state index is 14.6. The molecule has 39 heavy (non-hydrogen) atoms. The van der Waals surface area contributed by atoms with Crippen molar-refractivity contribution in [2.75, 3.05) is 7.11 Å². The molecule has 4 rings (SSSR count). The van der Waals surface area contributed by atoms with Crippen LogP contribution in [0.15, 0.2) is 66.2 Å². The number of aliphatic hydroxyl groups is 1. The van der Waals surface area contributed by atoms with Gasteiger partial charge in [0.05, 0.1) is 12.7 Å². The van der Waals surface area contributed by atoms with Crippen molar-refractivity contribution < 1.29 is 41.7 Å². The number of methoxy groups -OCH3 is 1. The fourth-order valence-corrected chi connectivity index (χ4v) is 5.00. The summed E-state index contributed by atoms with van der Waals surface area (Å²) in [5, 5.41) is 11.2. The standard InChI is InChI=1S/C29H23ClF4O5/c1-15-10-19-12-20(6-9-25(19)39-26(35)11-15)28(37,29(32,33)34)16(2)21-7-4-17(13-23(21)30)18-5-8-22(24(31)14-18)27(36)38-3/h4-9,11-14,16,37H,10H2,1-3H3/t16-,28-/m1/s1. The monoisotopic (exact) mass is 562 g/mol. The topological polar surface area (TPSA) is 72.8 Å². The maximum atomic E-state index is 14.6. The number of hydrogen-bond donors (Lipinski definition) is 1. The molecule has 1 aliphatic rings. The molecule has 2 atom stereocenters. The zero-order valence-corrected chi connectivity index (χ0v) is 21.8. The number of rotatable bonds is 5. The van der Waals surface area contributed by atoms with E-state index in [0.29, 0.717) is 22.3 Å². The summed E-state index contributed by atoms with van der Waals surface area (Å²) in [6.45, 7) is 2.86. The van der Waals surface area contributed by atoms with Crippen LogP contribution in [0, 0.1) is 5.82 Å². The number of ether oxygens (including phenoxy) is 2. The number of fused-ring (bicyclic) bond motifs is 1. The van der Waals surface area contributed by atoms with Crippen molar-refractivity contribution in [2.45, 2.75) is 38.0 Å². The molecule has 0 radical (unpaired) electrons. The van der Waals surface area contributed by atoms with E-state index in [0.717, 1.165) is 19.2 Å². The highest BCUT2D eigenvalue weighted by Gasteiger charge is 2.59. The average Bonchev–Trinajstić information content (AvgIpc) is 3.01. The average molecular weight is 563 g/mol. The van der Waals surface area contributed by atoms with Gasteiger partial charge in [0.2, 0.25) is 0 Å². The number of hydrogen-bond acceptors (Lipinski definition) is 5. The molecule has 3 aromatic carbocycles. The van der Waals surface area contributed by atoms with E-state index in [1.54, 1.807) is 6.92 Å². The summed E-state index contributed by atoms with van der Waals surface area (Å²) in [6.07, 6.45) is -3.69. The third-order valence-corrected chi connectivity index (χ3v) is 7.11. The molecule has 0 bridgehead atoms. The van der Waals surface area contributed by atoms with E-state index in [4.69, 9.17) is 16.3 Å². The minimum Gasteiger partial charge on any atom is -0.465 e. The molecular formula is C29H23ClF4O5. The summed E-state index contributed by atoms with van der Waals surface area (Å²) in [5.74, 6) is -3.78. The molecule has 3 aromatic rings. The van der Waals surface area contributed by atoms with Crippen molar-refractivity contribution in [3.8, 4) is 16.9 Å². The highest BCUT2D eigenvalue weighted by atomic mass is 35.5. The third-order valence-electron chi connectivity index (χ3n) is 6.78. The number of carbonyl (C=O) groups is 2. The lowest BCUT2D eigenvalue weighted by Gasteiger charge is -2.37. The van der Waals surface area contributed by atoms with Gasteiger partial charge in [0.15, 0.2) is 5.60 Å². The molecular weight excluding hydrogens is 540 g/mol. The molecule has 0 amide bonds. The molecule has 1 N–H and O–H groups in total. The quantitative estimate of drug-likeness (QED) is 0.208. The van der Waals surface area contributed by atoms with Crippen LogP contribution in [0.25, 0.3) is 11.1 Å². The summed E-state index contributed by atoms with van der Waals surface area (Å²) in [7, 11) is 1.12. The van der Waals surface area contributed by atoms with Gasteiger partial charge in [-0.1, -0.05) is 48.4 Å². The second-order valence-electron chi connectivity index (χ2n) is 9.32. The van der Waals surface area contributed by atoms with Gasteiger partial charge >= 0.3 is 18.1 Å². The van der Waals surface area contributed by atoms with Crippen LogP contribution in [-0.4, -0.2) is 30.3 Å². The number of halogens is 5. The summed E-state index contributed by atoms with van der Waals surface area (Å²) >= 11 is 6.42. The first-order valence-electron chi connectivity index (χ1n) is 11.8. The number of allylic oxidation sites excluding steroid dienone is 1. The lowest BCUT2D eigenvalue weighted by molar-refractivity contribution is -0.274. The fourth-order valence-electron chi connectivity index (χ4n) is 4.66. The number of benzene rings is 3. The Labute approximate surface area is 226 Å². The molecule has 5 nitrogen and oxygen atoms in total. The summed E-state index contributed by atoms with van der Waals surface area (Å²) < 4.78 is 67.8. The molecule has 0 aliphatic carbocycles. The molecule has 0 spiro atoms.